The number of benzene rings is 2. The molecule has 0 fully saturated rings. The molecule has 0 saturated carbocycles. The third kappa shape index (κ3) is 2.61. The second kappa shape index (κ2) is 5.98. The zero-order valence-corrected chi connectivity index (χ0v) is 13.8. The summed E-state index contributed by atoms with van der Waals surface area (Å²) in [6.07, 6.45) is 3.69. The number of nitrogens with zero attached hydrogens (tertiary/aromatic N) is 3. The molecule has 4 nitrogen and oxygen atoms in total. The standard InChI is InChI=1S/C19H15ClN4/c1-13-18-23-17(14-6-3-2-4-7-14)19(24(18)11-10-21-13)22-16-9-5-8-15(20)12-16/h2-12,22H,1H3. The quantitative estimate of drug-likeness (QED) is 0.566. The molecule has 0 bridgehead atoms. The number of anilines is 2. The fourth-order valence-corrected chi connectivity index (χ4v) is 2.91. The summed E-state index contributed by atoms with van der Waals surface area (Å²) < 4.78 is 2.02. The lowest BCUT2D eigenvalue weighted by molar-refractivity contribution is 1.08. The van der Waals surface area contributed by atoms with Gasteiger partial charge in [0.1, 0.15) is 11.5 Å². The van der Waals surface area contributed by atoms with Crippen LogP contribution in [-0.2, 0) is 0 Å². The molecule has 2 aromatic heterocycles. The van der Waals surface area contributed by atoms with Gasteiger partial charge in [-0.2, -0.15) is 0 Å². The fraction of sp³-hybridized carbons (Fsp3) is 0.0526. The van der Waals surface area contributed by atoms with Crippen LogP contribution in [0, 0.1) is 6.92 Å². The number of hydrogen-bond donors (Lipinski definition) is 1. The van der Waals surface area contributed by atoms with Gasteiger partial charge in [-0.25, -0.2) is 4.98 Å². The summed E-state index contributed by atoms with van der Waals surface area (Å²) in [5, 5.41) is 4.14. The third-order valence-electron chi connectivity index (χ3n) is 3.85. The molecule has 0 aliphatic rings. The van der Waals surface area contributed by atoms with E-state index in [1.165, 1.54) is 0 Å². The van der Waals surface area contributed by atoms with E-state index in [9.17, 15) is 0 Å². The highest BCUT2D eigenvalue weighted by Gasteiger charge is 2.15. The maximum absolute atomic E-state index is 6.11. The molecule has 0 aliphatic heterocycles. The van der Waals surface area contributed by atoms with Gasteiger partial charge in [0, 0.05) is 28.7 Å². The van der Waals surface area contributed by atoms with E-state index in [4.69, 9.17) is 16.6 Å². The number of nitrogens with one attached hydrogen (secondary N) is 1. The summed E-state index contributed by atoms with van der Waals surface area (Å²) in [5.74, 6) is 0.893. The molecular weight excluding hydrogens is 320 g/mol. The number of fused-ring (bicyclic) bond motifs is 1. The van der Waals surface area contributed by atoms with E-state index in [1.807, 2.05) is 72.1 Å². The lowest BCUT2D eigenvalue weighted by Crippen LogP contribution is -1.98. The molecule has 0 unspecified atom stereocenters. The van der Waals surface area contributed by atoms with Gasteiger partial charge in [0.15, 0.2) is 5.65 Å². The Labute approximate surface area is 144 Å². The first-order valence-corrected chi connectivity index (χ1v) is 8.02. The van der Waals surface area contributed by atoms with Gasteiger partial charge in [0.05, 0.1) is 5.69 Å². The Morgan fingerprint density at radius 3 is 2.67 bits per heavy atom. The molecule has 118 valence electrons. The Bertz CT molecular complexity index is 1010. The second-order valence-electron chi connectivity index (χ2n) is 5.52. The van der Waals surface area contributed by atoms with Crippen LogP contribution in [0.25, 0.3) is 16.9 Å². The molecule has 0 aliphatic carbocycles. The molecule has 0 amide bonds. The van der Waals surface area contributed by atoms with Crippen molar-refractivity contribution in [2.24, 2.45) is 0 Å². The van der Waals surface area contributed by atoms with E-state index in [0.717, 1.165) is 34.1 Å². The Kier molecular flexibility index (Phi) is 3.67. The van der Waals surface area contributed by atoms with Gasteiger partial charge in [-0.15, -0.1) is 0 Å². The normalized spacial score (nSPS) is 10.9. The van der Waals surface area contributed by atoms with Crippen LogP contribution in [0.1, 0.15) is 5.69 Å². The first-order valence-electron chi connectivity index (χ1n) is 7.64. The summed E-state index contributed by atoms with van der Waals surface area (Å²) >= 11 is 6.11. The molecule has 2 heterocycles. The Morgan fingerprint density at radius 1 is 1.04 bits per heavy atom. The van der Waals surface area contributed by atoms with Gasteiger partial charge in [-0.1, -0.05) is 48.0 Å². The molecule has 2 aromatic carbocycles. The predicted molar refractivity (Wildman–Crippen MR) is 97.9 cm³/mol. The second-order valence-corrected chi connectivity index (χ2v) is 5.95. The van der Waals surface area contributed by atoms with E-state index in [-0.39, 0.29) is 0 Å². The minimum absolute atomic E-state index is 0.688. The van der Waals surface area contributed by atoms with Crippen LogP contribution in [-0.4, -0.2) is 14.4 Å². The van der Waals surface area contributed by atoms with Crippen LogP contribution in [0.3, 0.4) is 0 Å². The van der Waals surface area contributed by atoms with E-state index in [1.54, 1.807) is 6.20 Å². The Hall–Kier alpha value is -2.85. The molecule has 0 spiro atoms. The monoisotopic (exact) mass is 334 g/mol. The van der Waals surface area contributed by atoms with Gasteiger partial charge in [0.25, 0.3) is 0 Å². The molecule has 0 atom stereocenters. The van der Waals surface area contributed by atoms with Crippen molar-refractivity contribution < 1.29 is 0 Å². The Morgan fingerprint density at radius 2 is 1.88 bits per heavy atom. The number of aryl methyl sites for hydroxylation is 1. The molecule has 4 aromatic rings. The van der Waals surface area contributed by atoms with Crippen LogP contribution in [0.4, 0.5) is 11.5 Å². The minimum atomic E-state index is 0.688. The molecule has 24 heavy (non-hydrogen) atoms. The summed E-state index contributed by atoms with van der Waals surface area (Å²) in [5.41, 5.74) is 4.56. The molecule has 1 N–H and O–H groups in total. The van der Waals surface area contributed by atoms with E-state index >= 15 is 0 Å². The summed E-state index contributed by atoms with van der Waals surface area (Å²) in [6.45, 7) is 1.96. The minimum Gasteiger partial charge on any atom is -0.339 e. The van der Waals surface area contributed by atoms with Crippen LogP contribution < -0.4 is 5.32 Å². The lowest BCUT2D eigenvalue weighted by Gasteiger charge is -2.09. The maximum Gasteiger partial charge on any atom is 0.160 e. The SMILES string of the molecule is Cc1nccn2c(Nc3cccc(Cl)c3)c(-c3ccccc3)nc12. The highest BCUT2D eigenvalue weighted by Crippen LogP contribution is 2.32. The fourth-order valence-electron chi connectivity index (χ4n) is 2.72. The van der Waals surface area contributed by atoms with Gasteiger partial charge in [-0.05, 0) is 25.1 Å². The van der Waals surface area contributed by atoms with Gasteiger partial charge >= 0.3 is 0 Å². The molecule has 5 heteroatoms. The molecular formula is C19H15ClN4. The summed E-state index contributed by atoms with van der Waals surface area (Å²) in [4.78, 5) is 9.15. The first kappa shape index (κ1) is 14.7. The molecule has 4 rings (SSSR count). The lowest BCUT2D eigenvalue weighted by atomic mass is 10.1. The largest absolute Gasteiger partial charge is 0.339 e. The van der Waals surface area contributed by atoms with Gasteiger partial charge in [0.2, 0.25) is 0 Å². The van der Waals surface area contributed by atoms with E-state index in [0.29, 0.717) is 5.02 Å². The van der Waals surface area contributed by atoms with Crippen LogP contribution in [0.2, 0.25) is 5.02 Å². The van der Waals surface area contributed by atoms with Crippen molar-refractivity contribution in [2.75, 3.05) is 5.32 Å². The van der Waals surface area contributed by atoms with Crippen molar-refractivity contribution in [3.05, 3.63) is 77.7 Å². The van der Waals surface area contributed by atoms with Crippen LogP contribution in [0.15, 0.2) is 67.0 Å². The third-order valence-corrected chi connectivity index (χ3v) is 4.09. The number of halogens is 1. The van der Waals surface area contributed by atoms with Gasteiger partial charge < -0.3 is 5.32 Å². The number of imidazole rings is 1. The van der Waals surface area contributed by atoms with Gasteiger partial charge in [-0.3, -0.25) is 9.38 Å². The van der Waals surface area contributed by atoms with E-state index in [2.05, 4.69) is 10.3 Å². The number of aromatic nitrogens is 3. The Balaban J connectivity index is 1.93. The van der Waals surface area contributed by atoms with Crippen molar-refractivity contribution in [1.29, 1.82) is 0 Å². The number of rotatable bonds is 3. The highest BCUT2D eigenvalue weighted by atomic mass is 35.5. The zero-order chi connectivity index (χ0) is 16.5. The van der Waals surface area contributed by atoms with Crippen LogP contribution >= 0.6 is 11.6 Å². The average Bonchev–Trinajstić information content (AvgIpc) is 2.96. The van der Waals surface area contributed by atoms with Crippen LogP contribution in [0.5, 0.6) is 0 Å². The summed E-state index contributed by atoms with van der Waals surface area (Å²) in [7, 11) is 0. The zero-order valence-electron chi connectivity index (χ0n) is 13.1. The highest BCUT2D eigenvalue weighted by molar-refractivity contribution is 6.30. The topological polar surface area (TPSA) is 42.2 Å². The molecule has 0 saturated heterocycles. The van der Waals surface area contributed by atoms with E-state index < -0.39 is 0 Å². The maximum atomic E-state index is 6.11. The average molecular weight is 335 g/mol. The first-order chi connectivity index (χ1) is 11.7. The van der Waals surface area contributed by atoms with Crippen molar-refractivity contribution in [2.45, 2.75) is 6.92 Å². The van der Waals surface area contributed by atoms with Crippen molar-refractivity contribution in [3.8, 4) is 11.3 Å². The van der Waals surface area contributed by atoms with Crippen molar-refractivity contribution in [1.82, 2.24) is 14.4 Å². The van der Waals surface area contributed by atoms with Crippen molar-refractivity contribution in [3.63, 3.8) is 0 Å². The predicted octanol–water partition coefficient (Wildman–Crippen LogP) is 5.10. The summed E-state index contributed by atoms with van der Waals surface area (Å²) in [6, 6.07) is 17.8. The smallest absolute Gasteiger partial charge is 0.160 e. The van der Waals surface area contributed by atoms with Crippen molar-refractivity contribution >= 4 is 28.8 Å². The molecule has 0 radical (unpaired) electrons. The number of hydrogen-bond acceptors (Lipinski definition) is 3.